The van der Waals surface area contributed by atoms with Gasteiger partial charge in [0.1, 0.15) is 34.5 Å². The highest BCUT2D eigenvalue weighted by Gasteiger charge is 2.70. The van der Waals surface area contributed by atoms with Gasteiger partial charge in [0, 0.05) is 12.1 Å². The van der Waals surface area contributed by atoms with E-state index in [0.29, 0.717) is 33.7 Å². The normalized spacial score (nSPS) is 36.1. The van der Waals surface area contributed by atoms with Crippen molar-refractivity contribution >= 4 is 11.4 Å². The average Bonchev–Trinajstić information content (AvgIpc) is 3.08. The molecule has 0 amide bonds. The van der Waals surface area contributed by atoms with Gasteiger partial charge in [-0.25, -0.2) is 0 Å². The molecule has 258 valence electrons. The number of nitrogens with two attached hydrogens (primary N) is 2. The number of hydrogen-bond donors (Lipinski definition) is 4. The number of hydrogen-bond acceptors (Lipinski definition) is 6. The van der Waals surface area contributed by atoms with Crippen LogP contribution in [-0.2, 0) is 10.8 Å². The third kappa shape index (κ3) is 4.66. The maximum atomic E-state index is 10.1. The zero-order valence-corrected chi connectivity index (χ0v) is 28.7. The van der Waals surface area contributed by atoms with E-state index in [1.54, 1.807) is 36.4 Å². The molecule has 50 heavy (non-hydrogen) atoms. The Morgan fingerprint density at radius 2 is 0.800 bits per heavy atom. The summed E-state index contributed by atoms with van der Waals surface area (Å²) in [6.07, 6.45) is 16.6. The molecule has 4 aromatic rings. The van der Waals surface area contributed by atoms with Gasteiger partial charge in [0.25, 0.3) is 0 Å². The van der Waals surface area contributed by atoms with E-state index in [1.807, 2.05) is 0 Å². The van der Waals surface area contributed by atoms with E-state index in [-0.39, 0.29) is 22.3 Å². The Morgan fingerprint density at radius 3 is 1.14 bits per heavy atom. The van der Waals surface area contributed by atoms with Gasteiger partial charge >= 0.3 is 0 Å². The van der Waals surface area contributed by atoms with Gasteiger partial charge in [-0.3, -0.25) is 0 Å². The Labute approximate surface area is 294 Å². The van der Waals surface area contributed by atoms with Crippen molar-refractivity contribution in [3.8, 4) is 34.5 Å². The number of phenolic OH excluding ortho intramolecular Hbond substituents is 2. The van der Waals surface area contributed by atoms with Gasteiger partial charge in [-0.1, -0.05) is 24.3 Å². The lowest BCUT2D eigenvalue weighted by Gasteiger charge is -2.74. The molecule has 12 rings (SSSR count). The van der Waals surface area contributed by atoms with Crippen LogP contribution in [0.1, 0.15) is 88.2 Å². The molecule has 8 aliphatic carbocycles. The second kappa shape index (κ2) is 10.6. The first kappa shape index (κ1) is 30.5. The van der Waals surface area contributed by atoms with Crippen LogP contribution in [0.2, 0.25) is 0 Å². The zero-order chi connectivity index (χ0) is 33.9. The van der Waals surface area contributed by atoms with Crippen LogP contribution in [0, 0.1) is 34.5 Å². The summed E-state index contributed by atoms with van der Waals surface area (Å²) in [5.74, 6) is 6.20. The zero-order valence-electron chi connectivity index (χ0n) is 28.7. The number of anilines is 2. The molecule has 0 aromatic heterocycles. The lowest BCUT2D eigenvalue weighted by Crippen LogP contribution is -2.66. The molecule has 0 radical (unpaired) electrons. The molecule has 6 N–H and O–H groups in total. The Morgan fingerprint density at radius 1 is 0.460 bits per heavy atom. The second-order valence-electron chi connectivity index (χ2n) is 17.7. The van der Waals surface area contributed by atoms with E-state index < -0.39 is 0 Å². The fourth-order valence-electron chi connectivity index (χ4n) is 13.6. The van der Waals surface area contributed by atoms with E-state index in [1.165, 1.54) is 88.2 Å². The summed E-state index contributed by atoms with van der Waals surface area (Å²) in [4.78, 5) is 0. The molecule has 0 heterocycles. The second-order valence-corrected chi connectivity index (χ2v) is 17.7. The highest BCUT2D eigenvalue weighted by molar-refractivity contribution is 5.56. The third-order valence-corrected chi connectivity index (χ3v) is 14.7. The Bertz CT molecular complexity index is 1800. The molecule has 0 spiro atoms. The first-order valence-corrected chi connectivity index (χ1v) is 18.9. The first-order valence-electron chi connectivity index (χ1n) is 18.9. The Hall–Kier alpha value is -4.32. The first-order chi connectivity index (χ1) is 24.1. The van der Waals surface area contributed by atoms with Gasteiger partial charge < -0.3 is 31.2 Å². The van der Waals surface area contributed by atoms with Crippen LogP contribution < -0.4 is 20.9 Å². The summed E-state index contributed by atoms with van der Waals surface area (Å²) >= 11 is 0. The van der Waals surface area contributed by atoms with Crippen LogP contribution in [-0.4, -0.2) is 10.2 Å². The minimum atomic E-state index is 0.0479. The van der Waals surface area contributed by atoms with Crippen LogP contribution >= 0.6 is 0 Å². The van der Waals surface area contributed by atoms with Crippen molar-refractivity contribution in [3.63, 3.8) is 0 Å². The minimum Gasteiger partial charge on any atom is -0.506 e. The summed E-state index contributed by atoms with van der Waals surface area (Å²) < 4.78 is 12.3. The largest absolute Gasteiger partial charge is 0.506 e. The number of phenols is 2. The third-order valence-electron chi connectivity index (χ3n) is 14.7. The molecule has 4 atom stereocenters. The molecule has 8 fully saturated rings. The van der Waals surface area contributed by atoms with Crippen LogP contribution in [0.3, 0.4) is 0 Å². The van der Waals surface area contributed by atoms with Crippen molar-refractivity contribution in [2.45, 2.75) is 87.9 Å². The maximum absolute atomic E-state index is 10.1. The standard InChI is InChI=1S/C44H48N2O4/c45-37-11-9-35(15-39(37)47)49-33-5-1-31(2-6-33)41-17-27-13-28(18-41)22-43(21-27,25-41)44-23-29-14-30(24-44)20-42(19-29,26-44)32-3-7-34(8-4-32)50-36-10-12-38(46)40(48)16-36/h1-12,15-16,27-30,47-48H,13-14,17-26,45-46H2. The quantitative estimate of drug-likeness (QED) is 0.115. The van der Waals surface area contributed by atoms with Crippen LogP contribution in [0.15, 0.2) is 84.9 Å². The van der Waals surface area contributed by atoms with Crippen molar-refractivity contribution in [3.05, 3.63) is 96.1 Å². The van der Waals surface area contributed by atoms with E-state index in [0.717, 1.165) is 35.2 Å². The molecular formula is C44H48N2O4. The Kier molecular flexibility index (Phi) is 6.47. The monoisotopic (exact) mass is 668 g/mol. The molecule has 8 aliphatic rings. The van der Waals surface area contributed by atoms with Crippen molar-refractivity contribution < 1.29 is 19.7 Å². The average molecular weight is 669 g/mol. The molecule has 0 aliphatic heterocycles. The molecule has 8 saturated carbocycles. The van der Waals surface area contributed by atoms with E-state index in [2.05, 4.69) is 48.5 Å². The maximum Gasteiger partial charge on any atom is 0.142 e. The minimum absolute atomic E-state index is 0.0479. The van der Waals surface area contributed by atoms with Crippen LogP contribution in [0.4, 0.5) is 11.4 Å². The summed E-state index contributed by atoms with van der Waals surface area (Å²) in [6, 6.07) is 28.1. The summed E-state index contributed by atoms with van der Waals surface area (Å²) in [6.45, 7) is 0. The molecular weight excluding hydrogens is 620 g/mol. The molecule has 6 heteroatoms. The summed E-state index contributed by atoms with van der Waals surface area (Å²) in [5, 5.41) is 20.1. The Balaban J connectivity index is 0.937. The van der Waals surface area contributed by atoms with Crippen molar-refractivity contribution in [2.24, 2.45) is 34.5 Å². The fraction of sp³-hybridized carbons (Fsp3) is 0.455. The summed E-state index contributed by atoms with van der Waals surface area (Å²) in [5.41, 5.74) is 16.7. The van der Waals surface area contributed by atoms with Gasteiger partial charge in [-0.2, -0.15) is 0 Å². The van der Waals surface area contributed by atoms with Crippen LogP contribution in [0.5, 0.6) is 34.5 Å². The van der Waals surface area contributed by atoms with Gasteiger partial charge in [0.15, 0.2) is 0 Å². The predicted molar refractivity (Wildman–Crippen MR) is 196 cm³/mol. The topological polar surface area (TPSA) is 111 Å². The van der Waals surface area contributed by atoms with Crippen LogP contribution in [0.25, 0.3) is 0 Å². The number of rotatable bonds is 7. The van der Waals surface area contributed by atoms with E-state index in [4.69, 9.17) is 20.9 Å². The van der Waals surface area contributed by atoms with E-state index in [9.17, 15) is 10.2 Å². The highest BCUT2D eigenvalue weighted by Crippen LogP contribution is 2.78. The molecule has 6 nitrogen and oxygen atoms in total. The number of benzene rings is 4. The summed E-state index contributed by atoms with van der Waals surface area (Å²) in [7, 11) is 0. The van der Waals surface area contributed by atoms with Gasteiger partial charge in [-0.15, -0.1) is 0 Å². The van der Waals surface area contributed by atoms with Gasteiger partial charge in [-0.05, 0) is 182 Å². The molecule has 8 bridgehead atoms. The van der Waals surface area contributed by atoms with Crippen molar-refractivity contribution in [1.82, 2.24) is 0 Å². The molecule has 0 saturated heterocycles. The number of ether oxygens (including phenoxy) is 2. The fourth-order valence-corrected chi connectivity index (χ4v) is 13.6. The lowest BCUT2D eigenvalue weighted by molar-refractivity contribution is -0.212. The van der Waals surface area contributed by atoms with Gasteiger partial charge in [0.2, 0.25) is 0 Å². The number of aromatic hydroxyl groups is 2. The highest BCUT2D eigenvalue weighted by atomic mass is 16.5. The van der Waals surface area contributed by atoms with Crippen molar-refractivity contribution in [1.29, 1.82) is 0 Å². The van der Waals surface area contributed by atoms with E-state index >= 15 is 0 Å². The SMILES string of the molecule is Nc1ccc(Oc2ccc(C34CC5CC(C3)CC(C36CC7CC(CC(c8ccc(Oc9ccc(N)c(O)c9)cc8)(C7)C3)C6)(C5)C4)cc2)cc1O. The molecule has 4 unspecified atom stereocenters. The smallest absolute Gasteiger partial charge is 0.142 e. The van der Waals surface area contributed by atoms with Crippen molar-refractivity contribution in [2.75, 3.05) is 11.5 Å². The van der Waals surface area contributed by atoms with Gasteiger partial charge in [0.05, 0.1) is 11.4 Å². The molecule has 4 aromatic carbocycles. The number of nitrogen functional groups attached to an aromatic ring is 2. The lowest BCUT2D eigenvalue weighted by atomic mass is 9.30. The predicted octanol–water partition coefficient (Wildman–Crippen LogP) is 10.2.